The van der Waals surface area contributed by atoms with Crippen molar-refractivity contribution in [2.75, 3.05) is 33.4 Å². The molecule has 3 N–H and O–H groups in total. The first-order valence-electron chi connectivity index (χ1n) is 6.09. The number of likely N-dealkylation sites (N-methyl/N-ethyl adjacent to an activating group) is 1. The normalized spacial score (nSPS) is 11.9. The molecule has 0 bridgehead atoms. The molecule has 0 aliphatic rings. The topological polar surface area (TPSA) is 115 Å². The highest BCUT2D eigenvalue weighted by Crippen LogP contribution is 2.16. The van der Waals surface area contributed by atoms with Crippen LogP contribution in [0.15, 0.2) is 16.7 Å². The average molecular weight is 324 g/mol. The Morgan fingerprint density at radius 1 is 1.59 bits per heavy atom. The van der Waals surface area contributed by atoms with Crippen LogP contribution in [0.3, 0.4) is 0 Å². The van der Waals surface area contributed by atoms with E-state index in [0.717, 1.165) is 5.01 Å². The molecule has 1 aromatic heterocycles. The third kappa shape index (κ3) is 6.49. The average Bonchev–Trinajstić information content (AvgIpc) is 2.89. The van der Waals surface area contributed by atoms with E-state index < -0.39 is 18.9 Å². The fraction of sp³-hybridized carbons (Fsp3) is 0.600. The third-order valence-electron chi connectivity index (χ3n) is 2.22. The van der Waals surface area contributed by atoms with Gasteiger partial charge in [-0.05, 0) is 0 Å². The number of aliphatic hydroxyl groups is 1. The van der Waals surface area contributed by atoms with Crippen LogP contribution in [0.5, 0.6) is 0 Å². The molecule has 0 aliphatic carbocycles. The number of halogens is 3. The van der Waals surface area contributed by atoms with E-state index in [-0.39, 0.29) is 31.2 Å². The van der Waals surface area contributed by atoms with Gasteiger partial charge in [-0.15, -0.1) is 18.3 Å². The van der Waals surface area contributed by atoms with E-state index in [1.54, 1.807) is 0 Å². The van der Waals surface area contributed by atoms with Crippen molar-refractivity contribution < 1.29 is 27.8 Å². The second kappa shape index (κ2) is 8.29. The van der Waals surface area contributed by atoms with Gasteiger partial charge in [0.15, 0.2) is 5.69 Å². The number of carbonyl (C=O) groups is 1. The van der Waals surface area contributed by atoms with Crippen molar-refractivity contribution in [2.24, 2.45) is 10.3 Å². The number of aliphatic hydroxyl groups excluding tert-OH is 1. The zero-order valence-corrected chi connectivity index (χ0v) is 11.6. The maximum atomic E-state index is 11.8. The lowest BCUT2D eigenvalue weighted by molar-refractivity contribution is -0.324. The Kier molecular flexibility index (Phi) is 6.72. The number of ether oxygens (including phenoxy) is 1. The van der Waals surface area contributed by atoms with Crippen molar-refractivity contribution in [1.29, 1.82) is 0 Å². The summed E-state index contributed by atoms with van der Waals surface area (Å²) < 4.78 is 39.0. The Balaban J connectivity index is 2.52. The van der Waals surface area contributed by atoms with Crippen molar-refractivity contribution in [3.63, 3.8) is 0 Å². The Labute approximate surface area is 123 Å². The molecular weight excluding hydrogens is 309 g/mol. The first-order chi connectivity index (χ1) is 10.3. The number of aromatic nitrogens is 2. The highest BCUT2D eigenvalue weighted by Gasteiger charge is 2.28. The fourth-order valence-electron chi connectivity index (χ4n) is 1.24. The van der Waals surface area contributed by atoms with Gasteiger partial charge in [-0.3, -0.25) is 14.5 Å². The molecule has 0 saturated carbocycles. The molecule has 0 aromatic carbocycles. The molecule has 9 nitrogen and oxygen atoms in total. The summed E-state index contributed by atoms with van der Waals surface area (Å²) in [5.41, 5.74) is 0.0251. The van der Waals surface area contributed by atoms with E-state index in [1.807, 2.05) is 0 Å². The second-order valence-corrected chi connectivity index (χ2v) is 3.95. The summed E-state index contributed by atoms with van der Waals surface area (Å²) in [5.74, 6) is -0.567. The molecule has 0 fully saturated rings. The molecule has 0 aliphatic heterocycles. The fourth-order valence-corrected chi connectivity index (χ4v) is 1.24. The predicted molar refractivity (Wildman–Crippen MR) is 67.2 cm³/mol. The first-order valence-corrected chi connectivity index (χ1v) is 6.09. The van der Waals surface area contributed by atoms with Gasteiger partial charge in [0.1, 0.15) is 0 Å². The highest BCUT2D eigenvalue weighted by atomic mass is 19.4. The number of amides is 1. The van der Waals surface area contributed by atoms with E-state index in [9.17, 15) is 18.0 Å². The maximum absolute atomic E-state index is 11.8. The molecule has 1 heterocycles. The Hall–Kier alpha value is -2.21. The molecule has 1 amide bonds. The molecule has 0 radical (unpaired) electrons. The summed E-state index contributed by atoms with van der Waals surface area (Å²) in [6.07, 6.45) is -3.48. The zero-order chi connectivity index (χ0) is 16.6. The molecule has 1 aromatic rings. The number of H-pyrrole nitrogens is 1. The van der Waals surface area contributed by atoms with Crippen molar-refractivity contribution in [3.05, 3.63) is 12.0 Å². The van der Waals surface area contributed by atoms with Crippen LogP contribution in [0.25, 0.3) is 0 Å². The van der Waals surface area contributed by atoms with E-state index in [0.29, 0.717) is 0 Å². The van der Waals surface area contributed by atoms with Crippen molar-refractivity contribution >= 4 is 11.7 Å². The summed E-state index contributed by atoms with van der Waals surface area (Å²) in [6.45, 7) is -0.926. The Morgan fingerprint density at radius 2 is 2.32 bits per heavy atom. The molecule has 124 valence electrons. The van der Waals surface area contributed by atoms with Gasteiger partial charge in [-0.2, -0.15) is 0 Å². The lowest BCUT2D eigenvalue weighted by Crippen LogP contribution is -2.26. The van der Waals surface area contributed by atoms with Crippen molar-refractivity contribution in [3.8, 4) is 0 Å². The largest absolute Gasteiger partial charge is 0.522 e. The van der Waals surface area contributed by atoms with Gasteiger partial charge in [-0.1, -0.05) is 5.22 Å². The van der Waals surface area contributed by atoms with E-state index in [1.165, 1.54) is 13.4 Å². The molecule has 0 unspecified atom stereocenters. The summed E-state index contributed by atoms with van der Waals surface area (Å²) in [7, 11) is 1.39. The molecular formula is C10H15F3N6O3. The van der Waals surface area contributed by atoms with E-state index in [2.05, 4.69) is 30.4 Å². The van der Waals surface area contributed by atoms with Gasteiger partial charge in [-0.25, -0.2) is 4.98 Å². The number of hydrogen-bond acceptors (Lipinski definition) is 6. The van der Waals surface area contributed by atoms with Crippen LogP contribution >= 0.6 is 0 Å². The van der Waals surface area contributed by atoms with Crippen LogP contribution in [0, 0.1) is 0 Å². The predicted octanol–water partition coefficient (Wildman–Crippen LogP) is 0.599. The standard InChI is InChI=1S/C10H15F3N6O3/c1-19(3-5-22-10(11,12)13)18-17-8-7(15-6-16-8)9(21)14-2-4-20/h6,20H,2-5H2,1H3,(H,14,21)(H,15,16)/b18-17+. The summed E-state index contributed by atoms with van der Waals surface area (Å²) in [6, 6.07) is 0. The van der Waals surface area contributed by atoms with Crippen molar-refractivity contribution in [1.82, 2.24) is 20.3 Å². The van der Waals surface area contributed by atoms with Crippen LogP contribution in [0.1, 0.15) is 10.5 Å². The van der Waals surface area contributed by atoms with E-state index >= 15 is 0 Å². The Bertz CT molecular complexity index is 504. The second-order valence-electron chi connectivity index (χ2n) is 3.95. The molecule has 1 rings (SSSR count). The van der Waals surface area contributed by atoms with Gasteiger partial charge in [0.25, 0.3) is 5.91 Å². The molecule has 0 atom stereocenters. The molecule has 12 heteroatoms. The van der Waals surface area contributed by atoms with Gasteiger partial charge in [0, 0.05) is 13.6 Å². The number of imidazole rings is 1. The van der Waals surface area contributed by atoms with Crippen LogP contribution in [0.4, 0.5) is 19.0 Å². The summed E-state index contributed by atoms with van der Waals surface area (Å²) in [4.78, 5) is 18.0. The lowest BCUT2D eigenvalue weighted by Gasteiger charge is -2.12. The number of alkyl halides is 3. The van der Waals surface area contributed by atoms with Gasteiger partial charge in [0.05, 0.1) is 26.1 Å². The number of hydrogen-bond donors (Lipinski definition) is 3. The number of rotatable bonds is 8. The minimum atomic E-state index is -4.70. The van der Waals surface area contributed by atoms with Crippen LogP contribution in [0.2, 0.25) is 0 Å². The number of nitrogens with zero attached hydrogens (tertiary/aromatic N) is 4. The van der Waals surface area contributed by atoms with Crippen LogP contribution in [-0.2, 0) is 4.74 Å². The van der Waals surface area contributed by atoms with Crippen molar-refractivity contribution in [2.45, 2.75) is 6.36 Å². The lowest BCUT2D eigenvalue weighted by atomic mass is 10.4. The number of nitrogens with one attached hydrogen (secondary N) is 2. The third-order valence-corrected chi connectivity index (χ3v) is 2.22. The minimum Gasteiger partial charge on any atom is -0.395 e. The van der Waals surface area contributed by atoms with Crippen LogP contribution in [-0.4, -0.2) is 65.7 Å². The first kappa shape index (κ1) is 17.8. The number of carbonyl (C=O) groups excluding carboxylic acids is 1. The quantitative estimate of drug-likeness (QED) is 0.478. The SMILES string of the molecule is CN(CCOC(F)(F)F)/N=N/c1nc[nH]c1C(=O)NCCO. The summed E-state index contributed by atoms with van der Waals surface area (Å²) in [5, 5.41) is 19.4. The molecule has 0 spiro atoms. The van der Waals surface area contributed by atoms with Crippen LogP contribution < -0.4 is 5.32 Å². The smallest absolute Gasteiger partial charge is 0.395 e. The highest BCUT2D eigenvalue weighted by molar-refractivity contribution is 5.96. The van der Waals surface area contributed by atoms with Gasteiger partial charge in [0.2, 0.25) is 5.82 Å². The minimum absolute atomic E-state index is 0.0251. The molecule has 22 heavy (non-hydrogen) atoms. The maximum Gasteiger partial charge on any atom is 0.522 e. The number of aromatic amines is 1. The zero-order valence-electron chi connectivity index (χ0n) is 11.6. The van der Waals surface area contributed by atoms with E-state index in [4.69, 9.17) is 5.11 Å². The Morgan fingerprint density at radius 3 is 2.95 bits per heavy atom. The monoisotopic (exact) mass is 324 g/mol. The van der Waals surface area contributed by atoms with Gasteiger partial charge < -0.3 is 15.4 Å². The van der Waals surface area contributed by atoms with Gasteiger partial charge >= 0.3 is 6.36 Å². The molecule has 0 saturated heterocycles. The summed E-state index contributed by atoms with van der Waals surface area (Å²) >= 11 is 0.